The summed E-state index contributed by atoms with van der Waals surface area (Å²) >= 11 is 0. The zero-order chi connectivity index (χ0) is 17.5. The van der Waals surface area contributed by atoms with Crippen LogP contribution in [0.1, 0.15) is 34.6 Å². The molecule has 0 amide bonds. The minimum atomic E-state index is -2.51. The summed E-state index contributed by atoms with van der Waals surface area (Å²) in [5, 5.41) is 0. The summed E-state index contributed by atoms with van der Waals surface area (Å²) in [7, 11) is -4.47. The Kier molecular flexibility index (Phi) is 15.6. The average Bonchev–Trinajstić information content (AvgIpc) is 2.49. The molecule has 0 aliphatic heterocycles. The third kappa shape index (κ3) is 10.4. The zero-order valence-corrected chi connectivity index (χ0v) is 17.1. The van der Waals surface area contributed by atoms with Crippen molar-refractivity contribution in [1.29, 1.82) is 0 Å². The fraction of sp³-hybridized carbons (Fsp3) is 0.733. The molecule has 0 aromatic rings. The van der Waals surface area contributed by atoms with Crippen LogP contribution in [0.3, 0.4) is 0 Å². The van der Waals surface area contributed by atoms with Crippen molar-refractivity contribution in [2.75, 3.05) is 33.0 Å². The summed E-state index contributed by atoms with van der Waals surface area (Å²) in [4.78, 5) is 0. The fourth-order valence-electron chi connectivity index (χ4n) is 1.64. The molecule has 0 atom stereocenters. The third-order valence-electron chi connectivity index (χ3n) is 2.52. The van der Waals surface area contributed by atoms with Crippen molar-refractivity contribution in [1.82, 2.24) is 0 Å². The molecule has 0 rings (SSSR count). The molecule has 0 spiro atoms. The monoisotopic (exact) mass is 350 g/mol. The highest BCUT2D eigenvalue weighted by molar-refractivity contribution is 6.71. The SMILES string of the molecule is C=C[Si](C)(OCC)OCC.C=C[Si](OCC)(OCC)OCC. The first kappa shape index (κ1) is 24.0. The van der Waals surface area contributed by atoms with Gasteiger partial charge in [0.25, 0.3) is 0 Å². The Hall–Kier alpha value is -0.286. The second kappa shape index (κ2) is 14.3. The van der Waals surface area contributed by atoms with Gasteiger partial charge in [0.05, 0.1) is 0 Å². The van der Waals surface area contributed by atoms with E-state index < -0.39 is 17.4 Å². The topological polar surface area (TPSA) is 46.2 Å². The zero-order valence-electron chi connectivity index (χ0n) is 15.1. The van der Waals surface area contributed by atoms with Crippen LogP contribution in [0.2, 0.25) is 6.55 Å². The molecule has 0 radical (unpaired) electrons. The van der Waals surface area contributed by atoms with E-state index in [1.54, 1.807) is 11.4 Å². The molecular formula is C15H34O5Si2. The fourth-order valence-corrected chi connectivity index (χ4v) is 4.91. The highest BCUT2D eigenvalue weighted by atomic mass is 28.4. The maximum atomic E-state index is 5.44. The summed E-state index contributed by atoms with van der Waals surface area (Å²) in [5.74, 6) is 0. The molecule has 0 heterocycles. The van der Waals surface area contributed by atoms with E-state index in [0.29, 0.717) is 33.0 Å². The van der Waals surface area contributed by atoms with Gasteiger partial charge in [0, 0.05) is 33.0 Å². The summed E-state index contributed by atoms with van der Waals surface area (Å²) in [6.07, 6.45) is 0. The Labute approximate surface area is 138 Å². The Morgan fingerprint density at radius 3 is 1.14 bits per heavy atom. The summed E-state index contributed by atoms with van der Waals surface area (Å²) in [5.41, 5.74) is 3.48. The standard InChI is InChI=1S/C8H18O3Si.C7H16O2Si/c1-5-9-12(8-4,10-6-2)11-7-3;1-5-8-10(4,7-3)9-6-2/h8H,4-7H2,1-3H3;7H,3,5-6H2,1-2,4H3. The normalized spacial score (nSPS) is 11.5. The van der Waals surface area contributed by atoms with Crippen LogP contribution in [0, 0.1) is 0 Å². The first-order chi connectivity index (χ1) is 10.4. The van der Waals surface area contributed by atoms with Crippen LogP contribution in [0.5, 0.6) is 0 Å². The van der Waals surface area contributed by atoms with Crippen LogP contribution in [0.15, 0.2) is 24.6 Å². The van der Waals surface area contributed by atoms with Crippen LogP contribution in [-0.2, 0) is 22.1 Å². The second-order valence-electron chi connectivity index (χ2n) is 4.19. The van der Waals surface area contributed by atoms with Gasteiger partial charge in [-0.1, -0.05) is 6.58 Å². The van der Waals surface area contributed by atoms with Crippen molar-refractivity contribution >= 4 is 17.4 Å². The summed E-state index contributed by atoms with van der Waals surface area (Å²) < 4.78 is 27.1. The van der Waals surface area contributed by atoms with Gasteiger partial charge in [0.1, 0.15) is 0 Å². The predicted octanol–water partition coefficient (Wildman–Crippen LogP) is 3.62. The van der Waals surface area contributed by atoms with E-state index in [0.717, 1.165) is 0 Å². The summed E-state index contributed by atoms with van der Waals surface area (Å²) in [6.45, 7) is 22.2. The molecule has 132 valence electrons. The Morgan fingerprint density at radius 1 is 0.636 bits per heavy atom. The Balaban J connectivity index is 0. The molecule has 0 aromatic carbocycles. The molecule has 0 bridgehead atoms. The molecular weight excluding hydrogens is 316 g/mol. The molecule has 5 nitrogen and oxygen atoms in total. The van der Waals surface area contributed by atoms with Crippen molar-refractivity contribution in [3.8, 4) is 0 Å². The minimum absolute atomic E-state index is 0.595. The molecule has 7 heteroatoms. The molecule has 0 N–H and O–H groups in total. The molecule has 22 heavy (non-hydrogen) atoms. The minimum Gasteiger partial charge on any atom is -0.392 e. The van der Waals surface area contributed by atoms with E-state index >= 15 is 0 Å². The van der Waals surface area contributed by atoms with Gasteiger partial charge in [-0.05, 0) is 52.6 Å². The molecule has 0 aliphatic carbocycles. The van der Waals surface area contributed by atoms with Gasteiger partial charge in [0.15, 0.2) is 0 Å². The maximum Gasteiger partial charge on any atom is 0.528 e. The van der Waals surface area contributed by atoms with Crippen molar-refractivity contribution in [2.24, 2.45) is 0 Å². The first-order valence-electron chi connectivity index (χ1n) is 7.89. The highest BCUT2D eigenvalue weighted by Gasteiger charge is 2.36. The smallest absolute Gasteiger partial charge is 0.392 e. The van der Waals surface area contributed by atoms with Gasteiger partial charge in [0.2, 0.25) is 0 Å². The number of hydrogen-bond acceptors (Lipinski definition) is 5. The van der Waals surface area contributed by atoms with Gasteiger partial charge < -0.3 is 22.1 Å². The lowest BCUT2D eigenvalue weighted by atomic mass is 10.9. The summed E-state index contributed by atoms with van der Waals surface area (Å²) in [6, 6.07) is 0. The maximum absolute atomic E-state index is 5.44. The molecule has 0 saturated heterocycles. The number of rotatable bonds is 12. The lowest BCUT2D eigenvalue weighted by Gasteiger charge is -2.24. The van der Waals surface area contributed by atoms with E-state index in [4.69, 9.17) is 22.1 Å². The lowest BCUT2D eigenvalue weighted by molar-refractivity contribution is 0.0844. The van der Waals surface area contributed by atoms with E-state index in [2.05, 4.69) is 13.2 Å². The van der Waals surface area contributed by atoms with Gasteiger partial charge in [-0.25, -0.2) is 0 Å². The van der Waals surface area contributed by atoms with Crippen LogP contribution in [0.4, 0.5) is 0 Å². The Bertz CT molecular complexity index is 264. The molecule has 0 aliphatic rings. The van der Waals surface area contributed by atoms with Crippen molar-refractivity contribution in [3.63, 3.8) is 0 Å². The second-order valence-corrected chi connectivity index (χ2v) is 9.69. The van der Waals surface area contributed by atoms with Crippen LogP contribution in [0.25, 0.3) is 0 Å². The van der Waals surface area contributed by atoms with E-state index in [9.17, 15) is 0 Å². The van der Waals surface area contributed by atoms with Gasteiger partial charge in [-0.3, -0.25) is 0 Å². The van der Waals surface area contributed by atoms with Crippen LogP contribution in [-0.4, -0.2) is 50.4 Å². The molecule has 0 saturated carbocycles. The first-order valence-corrected chi connectivity index (χ1v) is 12.1. The van der Waals surface area contributed by atoms with Gasteiger partial charge in [-0.2, -0.15) is 0 Å². The lowest BCUT2D eigenvalue weighted by Crippen LogP contribution is -2.44. The molecule has 0 aromatic heterocycles. The number of hydrogen-bond donors (Lipinski definition) is 0. The Morgan fingerprint density at radius 2 is 0.955 bits per heavy atom. The molecule has 0 fully saturated rings. The third-order valence-corrected chi connectivity index (χ3v) is 7.56. The van der Waals surface area contributed by atoms with E-state index in [1.165, 1.54) is 0 Å². The van der Waals surface area contributed by atoms with E-state index in [1.807, 2.05) is 41.2 Å². The largest absolute Gasteiger partial charge is 0.528 e. The molecule has 0 unspecified atom stereocenters. The average molecular weight is 351 g/mol. The highest BCUT2D eigenvalue weighted by Crippen LogP contribution is 2.10. The van der Waals surface area contributed by atoms with Crippen LogP contribution < -0.4 is 0 Å². The van der Waals surface area contributed by atoms with Crippen molar-refractivity contribution in [3.05, 3.63) is 24.6 Å². The predicted molar refractivity (Wildman–Crippen MR) is 95.9 cm³/mol. The van der Waals surface area contributed by atoms with Crippen LogP contribution >= 0.6 is 0 Å². The quantitative estimate of drug-likeness (QED) is 0.503. The van der Waals surface area contributed by atoms with Gasteiger partial charge >= 0.3 is 17.4 Å². The van der Waals surface area contributed by atoms with Crippen molar-refractivity contribution in [2.45, 2.75) is 41.2 Å². The van der Waals surface area contributed by atoms with Crippen molar-refractivity contribution < 1.29 is 22.1 Å². The van der Waals surface area contributed by atoms with E-state index in [-0.39, 0.29) is 0 Å². The van der Waals surface area contributed by atoms with Gasteiger partial charge in [-0.15, -0.1) is 6.58 Å².